The topological polar surface area (TPSA) is 75.4 Å². The van der Waals surface area contributed by atoms with Gasteiger partial charge in [-0.2, -0.15) is 0 Å². The van der Waals surface area contributed by atoms with E-state index in [0.717, 1.165) is 5.56 Å². The molecule has 0 saturated carbocycles. The maximum atomic E-state index is 12.0. The summed E-state index contributed by atoms with van der Waals surface area (Å²) < 4.78 is 5.76. The molecule has 3 rings (SSSR count). The zero-order valence-electron chi connectivity index (χ0n) is 14.9. The summed E-state index contributed by atoms with van der Waals surface area (Å²) in [6, 6.07) is 14.7. The fourth-order valence-corrected chi connectivity index (χ4v) is 2.62. The summed E-state index contributed by atoms with van der Waals surface area (Å²) in [4.78, 5) is 16.3. The number of aryl methyl sites for hydroxylation is 1. The Morgan fingerprint density at radius 3 is 2.65 bits per heavy atom. The van der Waals surface area contributed by atoms with E-state index in [4.69, 9.17) is 4.42 Å². The lowest BCUT2D eigenvalue weighted by atomic mass is 10.0. The van der Waals surface area contributed by atoms with Crippen LogP contribution in [0, 0.1) is 0 Å². The molecule has 3 aromatic rings. The molecule has 1 heterocycles. The lowest BCUT2D eigenvalue weighted by Crippen LogP contribution is -2.12. The van der Waals surface area contributed by atoms with Crippen LogP contribution in [-0.4, -0.2) is 16.0 Å². The Morgan fingerprint density at radius 2 is 1.96 bits per heavy atom. The van der Waals surface area contributed by atoms with Crippen LogP contribution >= 0.6 is 0 Å². The summed E-state index contributed by atoms with van der Waals surface area (Å²) in [7, 11) is 0. The predicted octanol–water partition coefficient (Wildman–Crippen LogP) is 4.74. The van der Waals surface area contributed by atoms with Crippen molar-refractivity contribution in [3.05, 3.63) is 66.2 Å². The molecule has 5 heteroatoms. The molecule has 2 aromatic carbocycles. The third-order valence-corrected chi connectivity index (χ3v) is 4.11. The van der Waals surface area contributed by atoms with Crippen LogP contribution in [0.1, 0.15) is 37.6 Å². The molecule has 0 unspecified atom stereocenters. The summed E-state index contributed by atoms with van der Waals surface area (Å²) in [5.74, 6) is 1.67. The van der Waals surface area contributed by atoms with Gasteiger partial charge in [0.05, 0.1) is 6.20 Å². The van der Waals surface area contributed by atoms with E-state index in [2.05, 4.69) is 36.3 Å². The van der Waals surface area contributed by atoms with E-state index in [9.17, 15) is 9.90 Å². The van der Waals surface area contributed by atoms with Crippen LogP contribution < -0.4 is 5.32 Å². The van der Waals surface area contributed by atoms with E-state index in [1.165, 1.54) is 11.6 Å². The third-order valence-electron chi connectivity index (χ3n) is 4.11. The highest BCUT2D eigenvalue weighted by Gasteiger charge is 2.10. The van der Waals surface area contributed by atoms with Gasteiger partial charge in [-0.1, -0.05) is 44.2 Å². The molecule has 0 spiro atoms. The number of nitrogens with one attached hydrogen (secondary N) is 1. The van der Waals surface area contributed by atoms with Gasteiger partial charge in [0.1, 0.15) is 5.75 Å². The van der Waals surface area contributed by atoms with Crippen molar-refractivity contribution >= 4 is 11.6 Å². The normalized spacial score (nSPS) is 10.9. The Hall–Kier alpha value is -3.08. The van der Waals surface area contributed by atoms with Crippen LogP contribution in [0.5, 0.6) is 5.75 Å². The fraction of sp³-hybridized carbons (Fsp3) is 0.238. The van der Waals surface area contributed by atoms with Crippen molar-refractivity contribution in [3.63, 3.8) is 0 Å². The number of anilines is 1. The molecule has 0 bridgehead atoms. The molecule has 0 atom stereocenters. The van der Waals surface area contributed by atoms with Crippen molar-refractivity contribution in [1.29, 1.82) is 0 Å². The number of aromatic hydroxyl groups is 1. The van der Waals surface area contributed by atoms with Crippen molar-refractivity contribution in [2.75, 3.05) is 5.32 Å². The standard InChI is InChI=1S/C21H22N2O3/c1-14(2)15-6-8-16(9-7-15)19-13-22-21(26-19)11-10-20(25)23-17-4-3-5-18(24)12-17/h3-9,12-14,24H,10-11H2,1-2H3,(H,23,25). The van der Waals surface area contributed by atoms with Crippen LogP contribution in [0.3, 0.4) is 0 Å². The molecule has 0 aliphatic rings. The Balaban J connectivity index is 1.57. The van der Waals surface area contributed by atoms with Crippen LogP contribution in [0.25, 0.3) is 11.3 Å². The van der Waals surface area contributed by atoms with E-state index in [1.807, 2.05) is 12.1 Å². The number of phenols is 1. The number of hydrogen-bond acceptors (Lipinski definition) is 4. The van der Waals surface area contributed by atoms with Crippen molar-refractivity contribution < 1.29 is 14.3 Å². The smallest absolute Gasteiger partial charge is 0.224 e. The minimum Gasteiger partial charge on any atom is -0.508 e. The molecule has 0 fully saturated rings. The zero-order chi connectivity index (χ0) is 18.5. The number of nitrogens with zero attached hydrogens (tertiary/aromatic N) is 1. The molecule has 0 aliphatic carbocycles. The first-order chi connectivity index (χ1) is 12.5. The highest BCUT2D eigenvalue weighted by molar-refractivity contribution is 5.90. The lowest BCUT2D eigenvalue weighted by Gasteiger charge is -2.05. The number of rotatable bonds is 6. The van der Waals surface area contributed by atoms with Crippen molar-refractivity contribution in [2.24, 2.45) is 0 Å². The molecular formula is C21H22N2O3. The molecule has 134 valence electrons. The Bertz CT molecular complexity index is 882. The van der Waals surface area contributed by atoms with Crippen molar-refractivity contribution in [3.8, 4) is 17.1 Å². The number of benzene rings is 2. The van der Waals surface area contributed by atoms with E-state index < -0.39 is 0 Å². The fourth-order valence-electron chi connectivity index (χ4n) is 2.62. The second-order valence-corrected chi connectivity index (χ2v) is 6.49. The number of carbonyl (C=O) groups is 1. The first kappa shape index (κ1) is 17.7. The van der Waals surface area contributed by atoms with E-state index >= 15 is 0 Å². The van der Waals surface area contributed by atoms with Gasteiger partial charge in [-0.15, -0.1) is 0 Å². The number of hydrogen-bond donors (Lipinski definition) is 2. The monoisotopic (exact) mass is 350 g/mol. The van der Waals surface area contributed by atoms with Crippen LogP contribution in [0.15, 0.2) is 59.1 Å². The molecule has 5 nitrogen and oxygen atoms in total. The zero-order valence-corrected chi connectivity index (χ0v) is 14.9. The molecule has 2 N–H and O–H groups in total. The van der Waals surface area contributed by atoms with Crippen LogP contribution in [0.4, 0.5) is 5.69 Å². The maximum Gasteiger partial charge on any atom is 0.224 e. The quantitative estimate of drug-likeness (QED) is 0.673. The van der Waals surface area contributed by atoms with Gasteiger partial charge in [-0.25, -0.2) is 4.98 Å². The van der Waals surface area contributed by atoms with Crippen LogP contribution in [-0.2, 0) is 11.2 Å². The first-order valence-corrected chi connectivity index (χ1v) is 8.65. The number of aromatic nitrogens is 1. The summed E-state index contributed by atoms with van der Waals surface area (Å²) in [6.07, 6.45) is 2.35. The Kier molecular flexibility index (Phi) is 5.37. The molecule has 26 heavy (non-hydrogen) atoms. The van der Waals surface area contributed by atoms with Crippen LogP contribution in [0.2, 0.25) is 0 Å². The predicted molar refractivity (Wildman–Crippen MR) is 101 cm³/mol. The summed E-state index contributed by atoms with van der Waals surface area (Å²) in [5.41, 5.74) is 2.81. The van der Waals surface area contributed by atoms with Crippen molar-refractivity contribution in [1.82, 2.24) is 4.98 Å². The van der Waals surface area contributed by atoms with Gasteiger partial charge in [0.2, 0.25) is 5.91 Å². The summed E-state index contributed by atoms with van der Waals surface area (Å²) in [6.45, 7) is 4.31. The van der Waals surface area contributed by atoms with Gasteiger partial charge >= 0.3 is 0 Å². The molecule has 0 radical (unpaired) electrons. The second-order valence-electron chi connectivity index (χ2n) is 6.49. The number of phenolic OH excluding ortho intramolecular Hbond substituents is 1. The summed E-state index contributed by atoms with van der Waals surface area (Å²) >= 11 is 0. The lowest BCUT2D eigenvalue weighted by molar-refractivity contribution is -0.116. The van der Waals surface area contributed by atoms with Gasteiger partial charge in [-0.05, 0) is 23.6 Å². The van der Waals surface area contributed by atoms with E-state index in [1.54, 1.807) is 24.4 Å². The van der Waals surface area contributed by atoms with Gasteiger partial charge in [0, 0.05) is 30.2 Å². The molecule has 1 aromatic heterocycles. The van der Waals surface area contributed by atoms with Gasteiger partial charge in [0.15, 0.2) is 11.7 Å². The first-order valence-electron chi connectivity index (χ1n) is 8.65. The largest absolute Gasteiger partial charge is 0.508 e. The minimum absolute atomic E-state index is 0.114. The SMILES string of the molecule is CC(C)c1ccc(-c2cnc(CCC(=O)Nc3cccc(O)c3)o2)cc1. The number of oxazole rings is 1. The van der Waals surface area contributed by atoms with Gasteiger partial charge in [0.25, 0.3) is 0 Å². The second kappa shape index (κ2) is 7.87. The van der Waals surface area contributed by atoms with Crippen molar-refractivity contribution in [2.45, 2.75) is 32.6 Å². The molecule has 0 saturated heterocycles. The highest BCUT2D eigenvalue weighted by atomic mass is 16.4. The third kappa shape index (κ3) is 4.51. The van der Waals surface area contributed by atoms with E-state index in [-0.39, 0.29) is 18.1 Å². The summed E-state index contributed by atoms with van der Waals surface area (Å²) in [5, 5.41) is 12.2. The average Bonchev–Trinajstić information content (AvgIpc) is 3.09. The average molecular weight is 350 g/mol. The Labute approximate surface area is 152 Å². The van der Waals surface area contributed by atoms with Gasteiger partial charge in [-0.3, -0.25) is 4.79 Å². The molecule has 0 aliphatic heterocycles. The highest BCUT2D eigenvalue weighted by Crippen LogP contribution is 2.24. The number of carbonyl (C=O) groups excluding carboxylic acids is 1. The maximum absolute atomic E-state index is 12.0. The number of amides is 1. The van der Waals surface area contributed by atoms with Gasteiger partial charge < -0.3 is 14.8 Å². The molecule has 1 amide bonds. The Morgan fingerprint density at radius 1 is 1.19 bits per heavy atom. The minimum atomic E-state index is -0.156. The molecular weight excluding hydrogens is 328 g/mol. The van der Waals surface area contributed by atoms with E-state index in [0.29, 0.717) is 29.7 Å².